The van der Waals surface area contributed by atoms with Crippen LogP contribution in [0.4, 0.5) is 4.39 Å². The second-order valence-electron chi connectivity index (χ2n) is 2.98. The molecule has 1 aromatic carbocycles. The normalized spacial score (nSPS) is 10.6. The first-order valence-corrected chi connectivity index (χ1v) is 4.12. The molecule has 0 aliphatic carbocycles. The number of carbonyl (C=O) groups is 1. The van der Waals surface area contributed by atoms with Gasteiger partial charge in [0.15, 0.2) is 0 Å². The van der Waals surface area contributed by atoms with Crippen molar-refractivity contribution in [1.82, 2.24) is 4.98 Å². The van der Waals surface area contributed by atoms with Crippen LogP contribution < -0.4 is 0 Å². The minimum atomic E-state index is -1.04. The number of benzene rings is 1. The molecule has 0 aliphatic heterocycles. The maximum absolute atomic E-state index is 12.5. The molecule has 3 nitrogen and oxygen atoms in total. The van der Waals surface area contributed by atoms with E-state index >= 15 is 0 Å². The molecule has 14 heavy (non-hydrogen) atoms. The Bertz CT molecular complexity index is 490. The summed E-state index contributed by atoms with van der Waals surface area (Å²) in [5, 5.41) is 9.35. The van der Waals surface area contributed by atoms with Gasteiger partial charge in [0.05, 0.1) is 5.56 Å². The van der Waals surface area contributed by atoms with Crippen molar-refractivity contribution in [2.24, 2.45) is 0 Å². The first-order chi connectivity index (χ1) is 6.74. The molecule has 0 spiro atoms. The number of rotatable bonds is 2. The highest BCUT2D eigenvalue weighted by molar-refractivity contribution is 6.04. The summed E-state index contributed by atoms with van der Waals surface area (Å²) in [6.07, 6.45) is 1.50. The van der Waals surface area contributed by atoms with Crippen molar-refractivity contribution >= 4 is 16.9 Å². The van der Waals surface area contributed by atoms with Gasteiger partial charge in [-0.05, 0) is 12.1 Å². The number of alkyl halides is 1. The number of aromatic nitrogens is 1. The van der Waals surface area contributed by atoms with Crippen LogP contribution in [0.2, 0.25) is 0 Å². The van der Waals surface area contributed by atoms with Crippen molar-refractivity contribution in [2.45, 2.75) is 6.67 Å². The summed E-state index contributed by atoms with van der Waals surface area (Å²) < 4.78 is 12.5. The van der Waals surface area contributed by atoms with Crippen molar-refractivity contribution in [2.75, 3.05) is 0 Å². The van der Waals surface area contributed by atoms with E-state index in [2.05, 4.69) is 4.98 Å². The zero-order valence-corrected chi connectivity index (χ0v) is 7.25. The molecule has 0 saturated heterocycles. The van der Waals surface area contributed by atoms with Gasteiger partial charge in [0, 0.05) is 22.7 Å². The first kappa shape index (κ1) is 8.74. The summed E-state index contributed by atoms with van der Waals surface area (Å²) in [6, 6.07) is 4.82. The topological polar surface area (TPSA) is 53.1 Å². The predicted octanol–water partition coefficient (Wildman–Crippen LogP) is 2.34. The number of aromatic amines is 1. The lowest BCUT2D eigenvalue weighted by Gasteiger charge is -1.98. The maximum atomic E-state index is 12.5. The quantitative estimate of drug-likeness (QED) is 0.769. The van der Waals surface area contributed by atoms with Crippen molar-refractivity contribution < 1.29 is 14.3 Å². The van der Waals surface area contributed by atoms with Gasteiger partial charge in [-0.15, -0.1) is 0 Å². The molecule has 0 bridgehead atoms. The van der Waals surface area contributed by atoms with Gasteiger partial charge in [0.25, 0.3) is 0 Å². The van der Waals surface area contributed by atoms with E-state index in [0.717, 1.165) is 0 Å². The van der Waals surface area contributed by atoms with E-state index in [-0.39, 0.29) is 5.56 Å². The number of halogens is 1. The molecule has 2 rings (SSSR count). The third-order valence-corrected chi connectivity index (χ3v) is 2.16. The monoisotopic (exact) mass is 193 g/mol. The molecule has 2 N–H and O–H groups in total. The molecule has 0 radical (unpaired) electrons. The van der Waals surface area contributed by atoms with Crippen LogP contribution in [0, 0.1) is 0 Å². The molecular weight excluding hydrogens is 185 g/mol. The lowest BCUT2D eigenvalue weighted by molar-refractivity contribution is 0.0699. The molecule has 72 valence electrons. The van der Waals surface area contributed by atoms with Gasteiger partial charge in [0.1, 0.15) is 6.67 Å². The van der Waals surface area contributed by atoms with Crippen LogP contribution in [-0.2, 0) is 6.67 Å². The Hall–Kier alpha value is -1.84. The predicted molar refractivity (Wildman–Crippen MR) is 50.1 cm³/mol. The lowest BCUT2D eigenvalue weighted by Crippen LogP contribution is -1.97. The minimum absolute atomic E-state index is 0.136. The number of hydrogen-bond acceptors (Lipinski definition) is 1. The van der Waals surface area contributed by atoms with Gasteiger partial charge < -0.3 is 10.1 Å². The summed E-state index contributed by atoms with van der Waals surface area (Å²) >= 11 is 0. The average molecular weight is 193 g/mol. The van der Waals surface area contributed by atoms with Crippen LogP contribution in [0.25, 0.3) is 10.9 Å². The van der Waals surface area contributed by atoms with Crippen molar-refractivity contribution in [3.63, 3.8) is 0 Å². The number of aromatic carboxylic acids is 1. The highest BCUT2D eigenvalue weighted by Gasteiger charge is 2.12. The molecule has 0 atom stereocenters. The van der Waals surface area contributed by atoms with Gasteiger partial charge in [-0.2, -0.15) is 0 Å². The minimum Gasteiger partial charge on any atom is -0.478 e. The second kappa shape index (κ2) is 3.14. The van der Waals surface area contributed by atoms with Crippen molar-refractivity contribution in [3.8, 4) is 0 Å². The van der Waals surface area contributed by atoms with E-state index in [1.165, 1.54) is 12.3 Å². The number of H-pyrrole nitrogens is 1. The van der Waals surface area contributed by atoms with E-state index in [4.69, 9.17) is 5.11 Å². The molecule has 0 saturated carbocycles. The Kier molecular flexibility index (Phi) is 1.96. The van der Waals surface area contributed by atoms with Gasteiger partial charge >= 0.3 is 5.97 Å². The zero-order chi connectivity index (χ0) is 10.1. The molecule has 2 aromatic rings. The first-order valence-electron chi connectivity index (χ1n) is 4.12. The number of nitrogens with one attached hydrogen (secondary N) is 1. The fourth-order valence-electron chi connectivity index (χ4n) is 1.54. The van der Waals surface area contributed by atoms with Crippen LogP contribution in [0.5, 0.6) is 0 Å². The number of carboxylic acids is 1. The zero-order valence-electron chi connectivity index (χ0n) is 7.25. The summed E-state index contributed by atoms with van der Waals surface area (Å²) in [4.78, 5) is 13.7. The SMILES string of the molecule is O=C(O)c1cccc2[nH]cc(CF)c12. The van der Waals surface area contributed by atoms with Crippen LogP contribution in [0.1, 0.15) is 15.9 Å². The molecule has 1 aromatic heterocycles. The Labute approximate surface area is 79.2 Å². The summed E-state index contributed by atoms with van der Waals surface area (Å²) in [7, 11) is 0. The van der Waals surface area contributed by atoms with E-state index in [1.807, 2.05) is 0 Å². The van der Waals surface area contributed by atoms with Gasteiger partial charge in [0.2, 0.25) is 0 Å². The summed E-state index contributed by atoms with van der Waals surface area (Å²) in [5.74, 6) is -1.04. The average Bonchev–Trinajstić information content (AvgIpc) is 2.59. The van der Waals surface area contributed by atoms with E-state index < -0.39 is 12.6 Å². The lowest BCUT2D eigenvalue weighted by atomic mass is 10.1. The van der Waals surface area contributed by atoms with Crippen molar-refractivity contribution in [3.05, 3.63) is 35.5 Å². The third kappa shape index (κ3) is 1.16. The third-order valence-electron chi connectivity index (χ3n) is 2.16. The molecule has 0 aliphatic rings. The van der Waals surface area contributed by atoms with Crippen LogP contribution in [0.15, 0.2) is 24.4 Å². The fraction of sp³-hybridized carbons (Fsp3) is 0.100. The van der Waals surface area contributed by atoms with Gasteiger partial charge in [-0.1, -0.05) is 6.07 Å². The number of carboxylic acid groups (broad SMARTS) is 1. The molecule has 0 unspecified atom stereocenters. The van der Waals surface area contributed by atoms with E-state index in [0.29, 0.717) is 16.5 Å². The Morgan fingerprint density at radius 2 is 2.29 bits per heavy atom. The fourth-order valence-corrected chi connectivity index (χ4v) is 1.54. The molecule has 1 heterocycles. The molecule has 0 fully saturated rings. The van der Waals surface area contributed by atoms with E-state index in [1.54, 1.807) is 12.1 Å². The van der Waals surface area contributed by atoms with Gasteiger partial charge in [-0.25, -0.2) is 9.18 Å². The maximum Gasteiger partial charge on any atom is 0.336 e. The molecule has 4 heteroatoms. The Morgan fingerprint density at radius 1 is 1.50 bits per heavy atom. The Morgan fingerprint density at radius 3 is 2.93 bits per heavy atom. The molecule has 0 amide bonds. The smallest absolute Gasteiger partial charge is 0.336 e. The Balaban J connectivity index is 2.81. The molecular formula is C10H8FNO2. The van der Waals surface area contributed by atoms with Crippen molar-refractivity contribution in [1.29, 1.82) is 0 Å². The van der Waals surface area contributed by atoms with E-state index in [9.17, 15) is 9.18 Å². The summed E-state index contributed by atoms with van der Waals surface area (Å²) in [6.45, 7) is -0.662. The highest BCUT2D eigenvalue weighted by atomic mass is 19.1. The van der Waals surface area contributed by atoms with Crippen LogP contribution in [0.3, 0.4) is 0 Å². The second-order valence-corrected chi connectivity index (χ2v) is 2.98. The largest absolute Gasteiger partial charge is 0.478 e. The number of fused-ring (bicyclic) bond motifs is 1. The van der Waals surface area contributed by atoms with Crippen LogP contribution in [-0.4, -0.2) is 16.1 Å². The standard InChI is InChI=1S/C10H8FNO2/c11-4-6-5-12-8-3-1-2-7(9(6)8)10(13)14/h1-3,5,12H,4H2,(H,13,14). The summed E-state index contributed by atoms with van der Waals surface area (Å²) in [5.41, 5.74) is 1.17. The highest BCUT2D eigenvalue weighted by Crippen LogP contribution is 2.23. The van der Waals surface area contributed by atoms with Crippen LogP contribution >= 0.6 is 0 Å². The van der Waals surface area contributed by atoms with Gasteiger partial charge in [-0.3, -0.25) is 0 Å². The number of hydrogen-bond donors (Lipinski definition) is 2.